The van der Waals surface area contributed by atoms with E-state index in [0.717, 1.165) is 0 Å². The molecular formula is C12H16O9. The van der Waals surface area contributed by atoms with Crippen molar-refractivity contribution >= 4 is 11.9 Å². The van der Waals surface area contributed by atoms with Crippen molar-refractivity contribution in [2.45, 2.75) is 12.2 Å². The van der Waals surface area contributed by atoms with E-state index in [0.29, 0.717) is 0 Å². The van der Waals surface area contributed by atoms with E-state index in [1.807, 2.05) is 0 Å². The predicted octanol–water partition coefficient (Wildman–Crippen LogP) is -1.70. The van der Waals surface area contributed by atoms with Gasteiger partial charge in [-0.15, -0.1) is 0 Å². The number of furan rings is 1. The predicted molar refractivity (Wildman–Crippen MR) is 65.5 cm³/mol. The van der Waals surface area contributed by atoms with E-state index in [2.05, 4.69) is 9.47 Å². The zero-order valence-electron chi connectivity index (χ0n) is 11.0. The smallest absolute Gasteiger partial charge is 0.374 e. The average Bonchev–Trinajstić information content (AvgIpc) is 2.99. The molecule has 1 aromatic rings. The maximum atomic E-state index is 11.5. The first-order valence-corrected chi connectivity index (χ1v) is 5.99. The first kappa shape index (κ1) is 17.1. The van der Waals surface area contributed by atoms with Crippen LogP contribution >= 0.6 is 0 Å². The fraction of sp³-hybridized carbons (Fsp3) is 0.500. The Bertz CT molecular complexity index is 427. The van der Waals surface area contributed by atoms with Gasteiger partial charge in [0.25, 0.3) is 0 Å². The molecule has 0 spiro atoms. The lowest BCUT2D eigenvalue weighted by atomic mass is 10.4. The van der Waals surface area contributed by atoms with Crippen LogP contribution in [0.4, 0.5) is 0 Å². The van der Waals surface area contributed by atoms with Gasteiger partial charge in [0.15, 0.2) is 0 Å². The third-order valence-electron chi connectivity index (χ3n) is 2.24. The highest BCUT2D eigenvalue weighted by Crippen LogP contribution is 2.11. The van der Waals surface area contributed by atoms with E-state index in [9.17, 15) is 9.59 Å². The van der Waals surface area contributed by atoms with E-state index in [-0.39, 0.29) is 11.5 Å². The van der Waals surface area contributed by atoms with E-state index in [4.69, 9.17) is 24.8 Å². The Morgan fingerprint density at radius 2 is 1.33 bits per heavy atom. The summed E-state index contributed by atoms with van der Waals surface area (Å²) in [4.78, 5) is 23.0. The lowest BCUT2D eigenvalue weighted by Gasteiger charge is -2.07. The summed E-state index contributed by atoms with van der Waals surface area (Å²) in [5.74, 6) is -2.40. The van der Waals surface area contributed by atoms with Crippen LogP contribution in [0.3, 0.4) is 0 Å². The van der Waals surface area contributed by atoms with Gasteiger partial charge < -0.3 is 34.3 Å². The fourth-order valence-corrected chi connectivity index (χ4v) is 1.15. The van der Waals surface area contributed by atoms with Gasteiger partial charge in [0, 0.05) is 0 Å². The molecule has 0 aliphatic heterocycles. The van der Waals surface area contributed by atoms with Gasteiger partial charge in [-0.25, -0.2) is 9.59 Å². The first-order valence-electron chi connectivity index (χ1n) is 5.99. The highest BCUT2D eigenvalue weighted by Gasteiger charge is 2.19. The van der Waals surface area contributed by atoms with E-state index in [1.165, 1.54) is 12.1 Å². The Balaban J connectivity index is 2.52. The molecule has 0 radical (unpaired) electrons. The van der Waals surface area contributed by atoms with Crippen molar-refractivity contribution in [3.05, 3.63) is 23.7 Å². The molecule has 0 saturated heterocycles. The van der Waals surface area contributed by atoms with E-state index < -0.39 is 50.6 Å². The van der Waals surface area contributed by atoms with Crippen LogP contribution in [0.1, 0.15) is 21.1 Å². The number of carbonyl (C=O) groups is 2. The molecule has 9 heteroatoms. The number of aliphatic hydroxyl groups is 4. The summed E-state index contributed by atoms with van der Waals surface area (Å²) in [6.45, 7) is -1.95. The quantitative estimate of drug-likeness (QED) is 0.412. The maximum absolute atomic E-state index is 11.5. The standard InChI is InChI=1S/C12H16O9/c13-3-7(15)5-19-11(17)9-1-2-10(21-9)12(18)20-6-8(16)4-14/h1-2,7-8,13-16H,3-6H2. The number of carbonyl (C=O) groups excluding carboxylic acids is 2. The topological polar surface area (TPSA) is 147 Å². The Hall–Kier alpha value is -1.94. The Labute approximate surface area is 119 Å². The second-order valence-electron chi connectivity index (χ2n) is 4.03. The van der Waals surface area contributed by atoms with Crippen LogP contribution in [0.15, 0.2) is 16.5 Å². The second-order valence-corrected chi connectivity index (χ2v) is 4.03. The summed E-state index contributed by atoms with van der Waals surface area (Å²) in [7, 11) is 0. The molecule has 2 unspecified atom stereocenters. The molecule has 1 heterocycles. The third-order valence-corrected chi connectivity index (χ3v) is 2.24. The number of hydrogen-bond acceptors (Lipinski definition) is 9. The fourth-order valence-electron chi connectivity index (χ4n) is 1.15. The van der Waals surface area contributed by atoms with Crippen molar-refractivity contribution in [2.24, 2.45) is 0 Å². The summed E-state index contributed by atoms with van der Waals surface area (Å²) in [5.41, 5.74) is 0. The van der Waals surface area contributed by atoms with Crippen LogP contribution in [0.25, 0.3) is 0 Å². The molecule has 118 valence electrons. The molecule has 1 aromatic heterocycles. The molecule has 9 nitrogen and oxygen atoms in total. The second kappa shape index (κ2) is 8.37. The van der Waals surface area contributed by atoms with Gasteiger partial charge >= 0.3 is 11.9 Å². The van der Waals surface area contributed by atoms with Crippen molar-refractivity contribution in [1.29, 1.82) is 0 Å². The summed E-state index contributed by atoms with van der Waals surface area (Å²) >= 11 is 0. The van der Waals surface area contributed by atoms with Gasteiger partial charge in [0.2, 0.25) is 11.5 Å². The molecule has 0 aliphatic carbocycles. The molecule has 21 heavy (non-hydrogen) atoms. The molecule has 0 saturated carbocycles. The van der Waals surface area contributed by atoms with Crippen LogP contribution in [0, 0.1) is 0 Å². The van der Waals surface area contributed by atoms with E-state index >= 15 is 0 Å². The number of ether oxygens (including phenoxy) is 2. The molecule has 0 bridgehead atoms. The van der Waals surface area contributed by atoms with Crippen molar-refractivity contribution in [2.75, 3.05) is 26.4 Å². The molecule has 0 aromatic carbocycles. The van der Waals surface area contributed by atoms with Crippen LogP contribution < -0.4 is 0 Å². The average molecular weight is 304 g/mol. The molecule has 0 aliphatic rings. The van der Waals surface area contributed by atoms with Crippen molar-refractivity contribution in [3.8, 4) is 0 Å². The summed E-state index contributed by atoms with van der Waals surface area (Å²) in [5, 5.41) is 35.1. The number of rotatable bonds is 8. The van der Waals surface area contributed by atoms with Crippen LogP contribution in [0.5, 0.6) is 0 Å². The minimum atomic E-state index is -1.20. The Morgan fingerprint density at radius 3 is 1.67 bits per heavy atom. The number of esters is 2. The highest BCUT2D eigenvalue weighted by atomic mass is 16.6. The van der Waals surface area contributed by atoms with Gasteiger partial charge in [-0.05, 0) is 12.1 Å². The zero-order chi connectivity index (χ0) is 15.8. The third kappa shape index (κ3) is 5.52. The van der Waals surface area contributed by atoms with Gasteiger partial charge in [-0.3, -0.25) is 0 Å². The summed E-state index contributed by atoms with van der Waals surface area (Å²) in [6, 6.07) is 2.35. The van der Waals surface area contributed by atoms with Crippen LogP contribution in [0.2, 0.25) is 0 Å². The zero-order valence-corrected chi connectivity index (χ0v) is 11.0. The van der Waals surface area contributed by atoms with E-state index in [1.54, 1.807) is 0 Å². The van der Waals surface area contributed by atoms with Crippen LogP contribution in [-0.4, -0.2) is 71.0 Å². The van der Waals surface area contributed by atoms with Gasteiger partial charge in [0.1, 0.15) is 25.4 Å². The van der Waals surface area contributed by atoms with Crippen molar-refractivity contribution in [1.82, 2.24) is 0 Å². The van der Waals surface area contributed by atoms with Gasteiger partial charge in [-0.1, -0.05) is 0 Å². The maximum Gasteiger partial charge on any atom is 0.374 e. The number of hydrogen-bond donors (Lipinski definition) is 4. The van der Waals surface area contributed by atoms with Crippen LogP contribution in [-0.2, 0) is 9.47 Å². The Morgan fingerprint density at radius 1 is 0.952 bits per heavy atom. The Kier molecular flexibility index (Phi) is 6.82. The summed E-state index contributed by atoms with van der Waals surface area (Å²) < 4.78 is 14.1. The lowest BCUT2D eigenvalue weighted by Crippen LogP contribution is -2.22. The van der Waals surface area contributed by atoms with Crippen molar-refractivity contribution < 1.29 is 43.9 Å². The SMILES string of the molecule is O=C(OCC(O)CO)c1ccc(C(=O)OCC(O)CO)o1. The first-order chi connectivity index (χ1) is 9.97. The monoisotopic (exact) mass is 304 g/mol. The molecule has 2 atom stereocenters. The highest BCUT2D eigenvalue weighted by molar-refractivity contribution is 5.90. The van der Waals surface area contributed by atoms with Gasteiger partial charge in [0.05, 0.1) is 13.2 Å². The number of aliphatic hydroxyl groups excluding tert-OH is 4. The lowest BCUT2D eigenvalue weighted by molar-refractivity contribution is 0.00459. The molecule has 0 amide bonds. The largest absolute Gasteiger partial charge is 0.457 e. The molecular weight excluding hydrogens is 288 g/mol. The normalized spacial score (nSPS) is 13.5. The summed E-state index contributed by atoms with van der Waals surface area (Å²) in [6.07, 6.45) is -2.40. The van der Waals surface area contributed by atoms with Gasteiger partial charge in [-0.2, -0.15) is 0 Å². The minimum Gasteiger partial charge on any atom is -0.457 e. The van der Waals surface area contributed by atoms with Crippen molar-refractivity contribution in [3.63, 3.8) is 0 Å². The minimum absolute atomic E-state index is 0.283. The molecule has 4 N–H and O–H groups in total. The molecule has 1 rings (SSSR count). The molecule has 0 fully saturated rings.